The maximum atomic E-state index is 13.9. The average Bonchev–Trinajstić information content (AvgIpc) is 2.35. The molecule has 0 spiro atoms. The van der Waals surface area contributed by atoms with Gasteiger partial charge in [-0.25, -0.2) is 14.0 Å². The van der Waals surface area contributed by atoms with Crippen molar-refractivity contribution in [3.8, 4) is 0 Å². The molecule has 0 bridgehead atoms. The van der Waals surface area contributed by atoms with E-state index in [1.807, 2.05) is 13.8 Å². The van der Waals surface area contributed by atoms with E-state index in [1.165, 1.54) is 10.6 Å². The van der Waals surface area contributed by atoms with Gasteiger partial charge in [-0.2, -0.15) is 0 Å². The standard InChI is InChI=1S/C15H15BrFNO3/c1-8(2)13-9(3)18(15(20)21-14(13)19)7-10-4-5-11(16)6-12(10)17/h4-6,8H,7H2,1-3H3. The fraction of sp³-hybridized carbons (Fsp3) is 0.333. The largest absolute Gasteiger partial charge is 0.422 e. The Labute approximate surface area is 129 Å². The second-order valence-electron chi connectivity index (χ2n) is 5.13. The van der Waals surface area contributed by atoms with Crippen molar-refractivity contribution in [2.45, 2.75) is 33.2 Å². The summed E-state index contributed by atoms with van der Waals surface area (Å²) in [6.45, 7) is 5.38. The highest BCUT2D eigenvalue weighted by Gasteiger charge is 2.17. The second kappa shape index (κ2) is 5.97. The molecule has 2 aromatic rings. The molecule has 112 valence electrons. The van der Waals surface area contributed by atoms with Crippen LogP contribution < -0.4 is 11.4 Å². The molecule has 0 aliphatic rings. The SMILES string of the molecule is Cc1c(C(C)C)c(=O)oc(=O)n1Cc1ccc(Br)cc1F. The predicted molar refractivity (Wildman–Crippen MR) is 81.3 cm³/mol. The van der Waals surface area contributed by atoms with Crippen LogP contribution in [0.2, 0.25) is 0 Å². The van der Waals surface area contributed by atoms with Crippen LogP contribution >= 0.6 is 15.9 Å². The molecule has 0 aliphatic carbocycles. The molecule has 0 radical (unpaired) electrons. The molecule has 0 amide bonds. The van der Waals surface area contributed by atoms with Gasteiger partial charge in [-0.05, 0) is 25.0 Å². The van der Waals surface area contributed by atoms with Gasteiger partial charge in [0.25, 0.3) is 0 Å². The van der Waals surface area contributed by atoms with E-state index < -0.39 is 17.2 Å². The summed E-state index contributed by atoms with van der Waals surface area (Å²) in [4.78, 5) is 23.6. The minimum absolute atomic E-state index is 0.0211. The first-order chi connectivity index (χ1) is 9.81. The van der Waals surface area contributed by atoms with Gasteiger partial charge in [-0.15, -0.1) is 0 Å². The van der Waals surface area contributed by atoms with Crippen molar-refractivity contribution in [3.05, 3.63) is 66.3 Å². The van der Waals surface area contributed by atoms with Crippen molar-refractivity contribution in [1.82, 2.24) is 4.57 Å². The summed E-state index contributed by atoms with van der Waals surface area (Å²) in [6, 6.07) is 4.62. The molecule has 1 aromatic carbocycles. The minimum atomic E-state index is -0.774. The summed E-state index contributed by atoms with van der Waals surface area (Å²) in [6.07, 6.45) is 0. The van der Waals surface area contributed by atoms with Crippen LogP contribution in [0.5, 0.6) is 0 Å². The number of aromatic nitrogens is 1. The van der Waals surface area contributed by atoms with Gasteiger partial charge < -0.3 is 4.42 Å². The van der Waals surface area contributed by atoms with E-state index in [4.69, 9.17) is 4.42 Å². The Kier molecular flexibility index (Phi) is 4.46. The fourth-order valence-corrected chi connectivity index (χ4v) is 2.61. The topological polar surface area (TPSA) is 52.2 Å². The monoisotopic (exact) mass is 355 g/mol. The third-order valence-corrected chi connectivity index (χ3v) is 3.83. The van der Waals surface area contributed by atoms with E-state index in [9.17, 15) is 14.0 Å². The van der Waals surface area contributed by atoms with Crippen molar-refractivity contribution in [1.29, 1.82) is 0 Å². The van der Waals surface area contributed by atoms with Crippen LogP contribution in [0.1, 0.15) is 36.6 Å². The van der Waals surface area contributed by atoms with Crippen LogP contribution in [0, 0.1) is 12.7 Å². The number of hydrogen-bond acceptors (Lipinski definition) is 3. The van der Waals surface area contributed by atoms with Crippen molar-refractivity contribution in [3.63, 3.8) is 0 Å². The van der Waals surface area contributed by atoms with E-state index in [0.29, 0.717) is 21.3 Å². The predicted octanol–water partition coefficient (Wildman–Crippen LogP) is 3.18. The maximum absolute atomic E-state index is 13.9. The molecular formula is C15H15BrFNO3. The Morgan fingerprint density at radius 3 is 2.57 bits per heavy atom. The van der Waals surface area contributed by atoms with E-state index in [-0.39, 0.29) is 12.5 Å². The molecule has 0 saturated carbocycles. The minimum Gasteiger partial charge on any atom is -0.372 e. The zero-order valence-corrected chi connectivity index (χ0v) is 13.5. The Balaban J connectivity index is 2.57. The fourth-order valence-electron chi connectivity index (χ4n) is 2.28. The molecule has 0 atom stereocenters. The van der Waals surface area contributed by atoms with E-state index >= 15 is 0 Å². The Bertz CT molecular complexity index is 792. The third-order valence-electron chi connectivity index (χ3n) is 3.34. The number of benzene rings is 1. The highest BCUT2D eigenvalue weighted by Crippen LogP contribution is 2.18. The van der Waals surface area contributed by atoms with Crippen LogP contribution in [0.15, 0.2) is 36.7 Å². The van der Waals surface area contributed by atoms with E-state index in [0.717, 1.165) is 0 Å². The summed E-state index contributed by atoms with van der Waals surface area (Å²) < 4.78 is 20.5. The van der Waals surface area contributed by atoms with Gasteiger partial charge in [0.15, 0.2) is 0 Å². The smallest absolute Gasteiger partial charge is 0.372 e. The molecule has 2 rings (SSSR count). The zero-order chi connectivity index (χ0) is 15.7. The molecule has 0 fully saturated rings. The summed E-state index contributed by atoms with van der Waals surface area (Å²) in [7, 11) is 0. The van der Waals surface area contributed by atoms with Crippen LogP contribution in [0.25, 0.3) is 0 Å². The molecule has 21 heavy (non-hydrogen) atoms. The molecule has 0 N–H and O–H groups in total. The molecule has 1 heterocycles. The summed E-state index contributed by atoms with van der Waals surface area (Å²) >= 11 is 3.18. The zero-order valence-electron chi connectivity index (χ0n) is 11.9. The normalized spacial score (nSPS) is 11.1. The highest BCUT2D eigenvalue weighted by molar-refractivity contribution is 9.10. The van der Waals surface area contributed by atoms with Gasteiger partial charge in [0.1, 0.15) is 5.82 Å². The Morgan fingerprint density at radius 2 is 2.00 bits per heavy atom. The number of rotatable bonds is 3. The van der Waals surface area contributed by atoms with Crippen LogP contribution in [0.3, 0.4) is 0 Å². The van der Waals surface area contributed by atoms with Crippen LogP contribution in [0.4, 0.5) is 4.39 Å². The highest BCUT2D eigenvalue weighted by atomic mass is 79.9. The van der Waals surface area contributed by atoms with Crippen molar-refractivity contribution in [2.24, 2.45) is 0 Å². The third kappa shape index (κ3) is 3.15. The van der Waals surface area contributed by atoms with Gasteiger partial charge in [0.2, 0.25) is 0 Å². The first-order valence-corrected chi connectivity index (χ1v) is 7.29. The van der Waals surface area contributed by atoms with Gasteiger partial charge in [0, 0.05) is 15.7 Å². The average molecular weight is 356 g/mol. The van der Waals surface area contributed by atoms with Gasteiger partial charge >= 0.3 is 11.4 Å². The second-order valence-corrected chi connectivity index (χ2v) is 6.05. The molecular weight excluding hydrogens is 341 g/mol. The molecule has 0 saturated heterocycles. The molecule has 4 nitrogen and oxygen atoms in total. The van der Waals surface area contributed by atoms with Gasteiger partial charge in [-0.3, -0.25) is 4.57 Å². The maximum Gasteiger partial charge on any atom is 0.422 e. The summed E-state index contributed by atoms with van der Waals surface area (Å²) in [5.74, 6) is -1.28. The summed E-state index contributed by atoms with van der Waals surface area (Å²) in [5, 5.41) is 0. The first kappa shape index (κ1) is 15.7. The lowest BCUT2D eigenvalue weighted by Crippen LogP contribution is -2.30. The van der Waals surface area contributed by atoms with E-state index in [2.05, 4.69) is 15.9 Å². The van der Waals surface area contributed by atoms with Gasteiger partial charge in [-0.1, -0.05) is 35.8 Å². The van der Waals surface area contributed by atoms with Crippen molar-refractivity contribution >= 4 is 15.9 Å². The van der Waals surface area contributed by atoms with Crippen LogP contribution in [-0.4, -0.2) is 4.57 Å². The van der Waals surface area contributed by atoms with Crippen LogP contribution in [-0.2, 0) is 6.54 Å². The lowest BCUT2D eigenvalue weighted by atomic mass is 10.0. The Morgan fingerprint density at radius 1 is 1.33 bits per heavy atom. The number of hydrogen-bond donors (Lipinski definition) is 0. The number of nitrogens with zero attached hydrogens (tertiary/aromatic N) is 1. The lowest BCUT2D eigenvalue weighted by Gasteiger charge is -2.14. The quantitative estimate of drug-likeness (QED) is 0.849. The molecule has 1 aromatic heterocycles. The number of halogens is 2. The van der Waals surface area contributed by atoms with Crippen molar-refractivity contribution in [2.75, 3.05) is 0 Å². The van der Waals surface area contributed by atoms with Crippen molar-refractivity contribution < 1.29 is 8.81 Å². The summed E-state index contributed by atoms with van der Waals surface area (Å²) in [5.41, 5.74) is 0.674. The molecule has 0 aliphatic heterocycles. The van der Waals surface area contributed by atoms with E-state index in [1.54, 1.807) is 19.1 Å². The molecule has 0 unspecified atom stereocenters. The lowest BCUT2D eigenvalue weighted by molar-refractivity contribution is 0.391. The first-order valence-electron chi connectivity index (χ1n) is 6.49. The van der Waals surface area contributed by atoms with Gasteiger partial charge in [0.05, 0.1) is 12.1 Å². The Hall–Kier alpha value is -1.69. The molecule has 6 heteroatoms.